The van der Waals surface area contributed by atoms with Crippen LogP contribution in [-0.2, 0) is 0 Å². The van der Waals surface area contributed by atoms with Gasteiger partial charge in [-0.05, 0) is 24.3 Å². The number of hydrogen-bond acceptors (Lipinski definition) is 4. The first-order chi connectivity index (χ1) is 6.86. The molecule has 5 heteroatoms. The maximum atomic E-state index is 9.54. The highest BCUT2D eigenvalue weighted by Gasteiger charge is 2.13. The van der Waals surface area contributed by atoms with Gasteiger partial charge in [0.05, 0.1) is 4.91 Å². The first-order valence-corrected chi connectivity index (χ1v) is 4.08. The fourth-order valence-electron chi connectivity index (χ4n) is 1.40. The summed E-state index contributed by atoms with van der Waals surface area (Å²) in [6.45, 7) is 0. The third-order valence-corrected chi connectivity index (χ3v) is 2.07. The van der Waals surface area contributed by atoms with Gasteiger partial charge in [-0.3, -0.25) is 4.98 Å². The van der Waals surface area contributed by atoms with E-state index in [0.29, 0.717) is 5.52 Å². The normalized spacial score (nSPS) is 11.1. The second kappa shape index (κ2) is 2.41. The minimum atomic E-state index is 0.145. The van der Waals surface area contributed by atoms with Gasteiger partial charge in [-0.1, -0.05) is 0 Å². The van der Waals surface area contributed by atoms with E-state index >= 15 is 0 Å². The zero-order valence-electron chi connectivity index (χ0n) is 7.04. The number of aromatic hydroxyl groups is 1. The van der Waals surface area contributed by atoms with E-state index in [1.165, 1.54) is 4.91 Å². The van der Waals surface area contributed by atoms with Crippen molar-refractivity contribution in [3.05, 3.63) is 30.5 Å². The molecule has 0 amide bonds. The third-order valence-electron chi connectivity index (χ3n) is 2.07. The van der Waals surface area contributed by atoms with Gasteiger partial charge < -0.3 is 5.11 Å². The molecule has 5 nitrogen and oxygen atoms in total. The van der Waals surface area contributed by atoms with E-state index in [-0.39, 0.29) is 5.75 Å². The summed E-state index contributed by atoms with van der Waals surface area (Å²) in [5.74, 6) is 0.145. The number of pyridine rings is 1. The molecule has 0 spiro atoms. The molecule has 2 aromatic heterocycles. The Kier molecular flexibility index (Phi) is 1.25. The maximum Gasteiger partial charge on any atom is 0.141 e. The number of benzene rings is 1. The number of phenolic OH excluding ortho intramolecular Hbond substituents is 1. The smallest absolute Gasteiger partial charge is 0.141 e. The van der Waals surface area contributed by atoms with Gasteiger partial charge in [0.1, 0.15) is 17.0 Å². The van der Waals surface area contributed by atoms with Crippen LogP contribution in [0.4, 0.5) is 0 Å². The lowest BCUT2D eigenvalue weighted by Gasteiger charge is -2.00. The Bertz CT molecular complexity index is 567. The molecule has 0 aliphatic rings. The number of nitrogens with zero attached hydrogens (tertiary/aromatic N) is 2. The van der Waals surface area contributed by atoms with E-state index in [1.807, 2.05) is 6.07 Å². The van der Waals surface area contributed by atoms with E-state index in [1.54, 1.807) is 24.4 Å². The SMILES string of the molecule is Oc1ccc(-n2oo2)c2cccnc12. The third kappa shape index (κ3) is 0.922. The predicted octanol–water partition coefficient (Wildman–Crippen LogP) is 1.92. The fraction of sp³-hybridized carbons (Fsp3) is 0. The molecular formula is C9H6N2O3. The minimum absolute atomic E-state index is 0.145. The highest BCUT2D eigenvalue weighted by molar-refractivity contribution is 5.90. The molecule has 0 atom stereocenters. The standard InChI is InChI=1S/C9H6N2O3/c12-8-4-3-7(11-13-14-11)6-2-1-5-10-9(6)8/h1-5,12H. The second-order valence-corrected chi connectivity index (χ2v) is 2.91. The van der Waals surface area contributed by atoms with Crippen molar-refractivity contribution in [3.63, 3.8) is 0 Å². The quantitative estimate of drug-likeness (QED) is 0.595. The first-order valence-electron chi connectivity index (χ1n) is 4.08. The molecule has 1 aromatic carbocycles. The molecule has 3 aromatic rings. The van der Waals surface area contributed by atoms with E-state index < -0.39 is 0 Å². The topological polar surface area (TPSA) is 64.3 Å². The Hall–Kier alpha value is -2.17. The lowest BCUT2D eigenvalue weighted by molar-refractivity contribution is 0.264. The van der Waals surface area contributed by atoms with Crippen molar-refractivity contribution in [3.8, 4) is 11.4 Å². The summed E-state index contributed by atoms with van der Waals surface area (Å²) >= 11 is 0. The Morgan fingerprint density at radius 1 is 1.21 bits per heavy atom. The van der Waals surface area contributed by atoms with Gasteiger partial charge in [-0.15, -0.1) is 9.36 Å². The maximum absolute atomic E-state index is 9.54. The Labute approximate surface area is 78.0 Å². The van der Waals surface area contributed by atoms with Crippen molar-refractivity contribution >= 4 is 10.9 Å². The largest absolute Gasteiger partial charge is 0.506 e. The van der Waals surface area contributed by atoms with Crippen LogP contribution in [0.25, 0.3) is 16.6 Å². The van der Waals surface area contributed by atoms with Crippen LogP contribution in [-0.4, -0.2) is 15.0 Å². The molecule has 0 aliphatic carbocycles. The van der Waals surface area contributed by atoms with Crippen molar-refractivity contribution in [1.29, 1.82) is 0 Å². The number of rotatable bonds is 1. The van der Waals surface area contributed by atoms with E-state index in [0.717, 1.165) is 11.1 Å². The molecule has 0 fully saturated rings. The molecule has 0 radical (unpaired) electrons. The van der Waals surface area contributed by atoms with Crippen molar-refractivity contribution in [2.75, 3.05) is 0 Å². The van der Waals surface area contributed by atoms with Gasteiger partial charge in [0, 0.05) is 11.6 Å². The van der Waals surface area contributed by atoms with Crippen molar-refractivity contribution in [1.82, 2.24) is 9.90 Å². The average molecular weight is 190 g/mol. The summed E-state index contributed by atoms with van der Waals surface area (Å²) in [5, 5.41) is 10.3. The second-order valence-electron chi connectivity index (χ2n) is 2.91. The number of hydrogen-bond donors (Lipinski definition) is 1. The number of phenols is 1. The van der Waals surface area contributed by atoms with Crippen LogP contribution in [0.15, 0.2) is 39.8 Å². The van der Waals surface area contributed by atoms with Crippen LogP contribution in [0.5, 0.6) is 5.75 Å². The Balaban J connectivity index is 2.44. The van der Waals surface area contributed by atoms with Crippen molar-refractivity contribution in [2.45, 2.75) is 0 Å². The fourth-order valence-corrected chi connectivity index (χ4v) is 1.40. The average Bonchev–Trinajstić information content (AvgIpc) is 3.03. The van der Waals surface area contributed by atoms with E-state index in [9.17, 15) is 5.11 Å². The van der Waals surface area contributed by atoms with Crippen LogP contribution < -0.4 is 0 Å². The summed E-state index contributed by atoms with van der Waals surface area (Å²) in [5.41, 5.74) is 1.26. The molecule has 0 unspecified atom stereocenters. The monoisotopic (exact) mass is 190 g/mol. The van der Waals surface area contributed by atoms with Crippen molar-refractivity contribution in [2.24, 2.45) is 0 Å². The number of aromatic nitrogens is 2. The number of fused-ring (bicyclic) bond motifs is 1. The lowest BCUT2D eigenvalue weighted by atomic mass is 10.2. The summed E-state index contributed by atoms with van der Waals surface area (Å²) in [7, 11) is 0. The van der Waals surface area contributed by atoms with Gasteiger partial charge >= 0.3 is 0 Å². The summed E-state index contributed by atoms with van der Waals surface area (Å²) in [6, 6.07) is 6.87. The van der Waals surface area contributed by atoms with Gasteiger partial charge in [0.15, 0.2) is 0 Å². The highest BCUT2D eigenvalue weighted by Crippen LogP contribution is 2.28. The molecule has 70 valence electrons. The molecule has 1 N–H and O–H groups in total. The van der Waals surface area contributed by atoms with Gasteiger partial charge in [0.25, 0.3) is 0 Å². The molecule has 0 aliphatic heterocycles. The molecule has 0 saturated heterocycles. The molecule has 0 saturated carbocycles. The Morgan fingerprint density at radius 2 is 2.07 bits per heavy atom. The van der Waals surface area contributed by atoms with Crippen molar-refractivity contribution < 1.29 is 14.5 Å². The zero-order chi connectivity index (χ0) is 9.54. The van der Waals surface area contributed by atoms with Gasteiger partial charge in [-0.25, -0.2) is 0 Å². The van der Waals surface area contributed by atoms with Crippen LogP contribution in [0.3, 0.4) is 0 Å². The molecule has 0 bridgehead atoms. The minimum Gasteiger partial charge on any atom is -0.506 e. The summed E-state index contributed by atoms with van der Waals surface area (Å²) < 4.78 is 9.13. The molecular weight excluding hydrogens is 184 g/mol. The molecule has 2 heterocycles. The highest BCUT2D eigenvalue weighted by atomic mass is 17.3. The van der Waals surface area contributed by atoms with Crippen LogP contribution in [0.1, 0.15) is 0 Å². The van der Waals surface area contributed by atoms with E-state index in [4.69, 9.17) is 0 Å². The predicted molar refractivity (Wildman–Crippen MR) is 47.3 cm³/mol. The van der Waals surface area contributed by atoms with Gasteiger partial charge in [0.2, 0.25) is 0 Å². The van der Waals surface area contributed by atoms with Crippen LogP contribution in [0.2, 0.25) is 0 Å². The zero-order valence-corrected chi connectivity index (χ0v) is 7.04. The molecule has 3 rings (SSSR count). The van der Waals surface area contributed by atoms with Crippen LogP contribution in [0, 0.1) is 0 Å². The first kappa shape index (κ1) is 7.25. The Morgan fingerprint density at radius 3 is 2.86 bits per heavy atom. The summed E-state index contributed by atoms with van der Waals surface area (Å²) in [4.78, 5) is 5.32. The lowest BCUT2D eigenvalue weighted by Crippen LogP contribution is -1.86. The van der Waals surface area contributed by atoms with Gasteiger partial charge in [-0.2, -0.15) is 0 Å². The summed E-state index contributed by atoms with van der Waals surface area (Å²) in [6.07, 6.45) is 1.62. The molecule has 14 heavy (non-hydrogen) atoms. The van der Waals surface area contributed by atoms with E-state index in [2.05, 4.69) is 14.3 Å². The van der Waals surface area contributed by atoms with Crippen LogP contribution >= 0.6 is 0 Å².